The number of rotatable bonds is 6. The number of nitrogens with zero attached hydrogens (tertiary/aromatic N) is 3. The molecule has 0 radical (unpaired) electrons. The molecule has 1 aromatic rings. The molecule has 23 heavy (non-hydrogen) atoms. The topological polar surface area (TPSA) is 26.8 Å². The Morgan fingerprint density at radius 3 is 2.35 bits per heavy atom. The van der Waals surface area contributed by atoms with Crippen LogP contribution >= 0.6 is 0 Å². The van der Waals surface area contributed by atoms with Crippen molar-refractivity contribution in [2.24, 2.45) is 5.92 Å². The third-order valence-corrected chi connectivity index (χ3v) is 4.54. The van der Waals surface area contributed by atoms with Crippen molar-refractivity contribution >= 4 is 5.91 Å². The number of hydrogen-bond acceptors (Lipinski definition) is 3. The van der Waals surface area contributed by atoms with E-state index < -0.39 is 0 Å². The van der Waals surface area contributed by atoms with E-state index in [2.05, 4.69) is 42.7 Å². The molecular weight excluding hydrogens is 286 g/mol. The maximum Gasteiger partial charge on any atom is 0.236 e. The van der Waals surface area contributed by atoms with Crippen LogP contribution in [0.1, 0.15) is 25.0 Å². The molecule has 1 saturated heterocycles. The van der Waals surface area contributed by atoms with Crippen LogP contribution in [0.15, 0.2) is 24.3 Å². The Hall–Kier alpha value is -1.39. The molecule has 0 aromatic heterocycles. The maximum atomic E-state index is 12.5. The number of hydrogen-bond donors (Lipinski definition) is 0. The number of benzene rings is 1. The van der Waals surface area contributed by atoms with E-state index in [1.165, 1.54) is 11.1 Å². The van der Waals surface area contributed by atoms with Crippen LogP contribution in [0, 0.1) is 12.8 Å². The van der Waals surface area contributed by atoms with Crippen LogP contribution in [-0.4, -0.2) is 66.9 Å². The summed E-state index contributed by atoms with van der Waals surface area (Å²) >= 11 is 0. The molecule has 1 amide bonds. The molecule has 4 heteroatoms. The lowest BCUT2D eigenvalue weighted by Gasteiger charge is -2.35. The van der Waals surface area contributed by atoms with Gasteiger partial charge in [-0.2, -0.15) is 0 Å². The van der Waals surface area contributed by atoms with E-state index in [0.717, 1.165) is 32.7 Å². The lowest BCUT2D eigenvalue weighted by molar-refractivity contribution is -0.132. The molecule has 0 N–H and O–H groups in total. The highest BCUT2D eigenvalue weighted by Gasteiger charge is 2.20. The standard InChI is InChI=1S/C19H31N3O/c1-16(2)13-21-9-11-22(12-10-21)15-19(23)20(4)14-18-8-6-5-7-17(18)3/h5-8,16H,9-15H2,1-4H3. The van der Waals surface area contributed by atoms with Crippen molar-refractivity contribution in [1.82, 2.24) is 14.7 Å². The lowest BCUT2D eigenvalue weighted by Crippen LogP contribution is -2.50. The predicted molar refractivity (Wildman–Crippen MR) is 95.4 cm³/mol. The highest BCUT2D eigenvalue weighted by molar-refractivity contribution is 5.78. The molecule has 1 aromatic carbocycles. The summed E-state index contributed by atoms with van der Waals surface area (Å²) in [6.45, 7) is 13.2. The van der Waals surface area contributed by atoms with Crippen molar-refractivity contribution < 1.29 is 4.79 Å². The minimum atomic E-state index is 0.213. The summed E-state index contributed by atoms with van der Waals surface area (Å²) in [4.78, 5) is 19.1. The Morgan fingerprint density at radius 2 is 1.74 bits per heavy atom. The van der Waals surface area contributed by atoms with E-state index in [-0.39, 0.29) is 5.91 Å². The smallest absolute Gasteiger partial charge is 0.236 e. The molecule has 0 saturated carbocycles. The maximum absolute atomic E-state index is 12.5. The highest BCUT2D eigenvalue weighted by atomic mass is 16.2. The quantitative estimate of drug-likeness (QED) is 0.805. The van der Waals surface area contributed by atoms with Crippen molar-refractivity contribution in [3.05, 3.63) is 35.4 Å². The minimum Gasteiger partial charge on any atom is -0.340 e. The molecule has 0 unspecified atom stereocenters. The van der Waals surface area contributed by atoms with Gasteiger partial charge in [-0.3, -0.25) is 9.69 Å². The van der Waals surface area contributed by atoms with Crippen molar-refractivity contribution in [3.63, 3.8) is 0 Å². The fourth-order valence-corrected chi connectivity index (χ4v) is 3.09. The summed E-state index contributed by atoms with van der Waals surface area (Å²) in [5.41, 5.74) is 2.47. The van der Waals surface area contributed by atoms with E-state index in [9.17, 15) is 4.79 Å². The van der Waals surface area contributed by atoms with Crippen LogP contribution in [0.2, 0.25) is 0 Å². The number of carbonyl (C=O) groups is 1. The Bertz CT molecular complexity index is 507. The molecule has 4 nitrogen and oxygen atoms in total. The first-order valence-electron chi connectivity index (χ1n) is 8.69. The van der Waals surface area contributed by atoms with Crippen LogP contribution in [0.5, 0.6) is 0 Å². The average Bonchev–Trinajstić information content (AvgIpc) is 2.51. The van der Waals surface area contributed by atoms with Gasteiger partial charge < -0.3 is 9.80 Å². The van der Waals surface area contributed by atoms with Gasteiger partial charge in [0.25, 0.3) is 0 Å². The molecular formula is C19H31N3O. The van der Waals surface area contributed by atoms with Gasteiger partial charge in [-0.25, -0.2) is 0 Å². The Balaban J connectivity index is 1.77. The van der Waals surface area contributed by atoms with Crippen LogP contribution in [0.3, 0.4) is 0 Å². The second kappa shape index (κ2) is 8.46. The summed E-state index contributed by atoms with van der Waals surface area (Å²) in [7, 11) is 1.91. The first-order valence-corrected chi connectivity index (χ1v) is 8.69. The average molecular weight is 317 g/mol. The van der Waals surface area contributed by atoms with Crippen molar-refractivity contribution in [1.29, 1.82) is 0 Å². The van der Waals surface area contributed by atoms with E-state index in [4.69, 9.17) is 0 Å². The predicted octanol–water partition coefficient (Wildman–Crippen LogP) is 2.23. The summed E-state index contributed by atoms with van der Waals surface area (Å²) in [5.74, 6) is 0.925. The van der Waals surface area contributed by atoms with Gasteiger partial charge in [0.15, 0.2) is 0 Å². The van der Waals surface area contributed by atoms with Crippen molar-refractivity contribution in [3.8, 4) is 0 Å². The fourth-order valence-electron chi connectivity index (χ4n) is 3.09. The zero-order chi connectivity index (χ0) is 16.8. The summed E-state index contributed by atoms with van der Waals surface area (Å²) in [5, 5.41) is 0. The summed E-state index contributed by atoms with van der Waals surface area (Å²) in [6.07, 6.45) is 0. The van der Waals surface area contributed by atoms with Crippen LogP contribution < -0.4 is 0 Å². The zero-order valence-corrected chi connectivity index (χ0v) is 15.1. The molecule has 1 fully saturated rings. The van der Waals surface area contributed by atoms with Crippen LogP contribution in [-0.2, 0) is 11.3 Å². The van der Waals surface area contributed by atoms with Gasteiger partial charge in [-0.15, -0.1) is 0 Å². The number of likely N-dealkylation sites (N-methyl/N-ethyl adjacent to an activating group) is 1. The molecule has 0 bridgehead atoms. The molecule has 0 atom stereocenters. The second-order valence-electron chi connectivity index (χ2n) is 7.15. The summed E-state index contributed by atoms with van der Waals surface area (Å²) < 4.78 is 0. The van der Waals surface area contributed by atoms with Crippen LogP contribution in [0.4, 0.5) is 0 Å². The van der Waals surface area contributed by atoms with E-state index in [1.54, 1.807) is 0 Å². The van der Waals surface area contributed by atoms with Gasteiger partial charge in [-0.1, -0.05) is 38.1 Å². The molecule has 0 aliphatic carbocycles. The molecule has 0 spiro atoms. The molecule has 1 aliphatic heterocycles. The summed E-state index contributed by atoms with van der Waals surface area (Å²) in [6, 6.07) is 8.28. The lowest BCUT2D eigenvalue weighted by atomic mass is 10.1. The third-order valence-electron chi connectivity index (χ3n) is 4.54. The van der Waals surface area contributed by atoms with Gasteiger partial charge in [0.2, 0.25) is 5.91 Å². The molecule has 1 aliphatic rings. The Morgan fingerprint density at radius 1 is 1.13 bits per heavy atom. The highest BCUT2D eigenvalue weighted by Crippen LogP contribution is 2.10. The first-order chi connectivity index (χ1) is 11.0. The van der Waals surface area contributed by atoms with Gasteiger partial charge in [0, 0.05) is 46.3 Å². The number of amides is 1. The first kappa shape index (κ1) is 18.0. The number of piperazine rings is 1. The molecule has 128 valence electrons. The Labute approximate surface area is 141 Å². The van der Waals surface area contributed by atoms with Crippen LogP contribution in [0.25, 0.3) is 0 Å². The van der Waals surface area contributed by atoms with Crippen molar-refractivity contribution in [2.75, 3.05) is 46.3 Å². The van der Waals surface area contributed by atoms with Gasteiger partial charge >= 0.3 is 0 Å². The van der Waals surface area contributed by atoms with Gasteiger partial charge in [-0.05, 0) is 24.0 Å². The third kappa shape index (κ3) is 5.63. The SMILES string of the molecule is Cc1ccccc1CN(C)C(=O)CN1CCN(CC(C)C)CC1. The van der Waals surface area contributed by atoms with Gasteiger partial charge in [0.05, 0.1) is 6.54 Å². The number of carbonyl (C=O) groups excluding carboxylic acids is 1. The van der Waals surface area contributed by atoms with E-state index >= 15 is 0 Å². The molecule has 2 rings (SSSR count). The monoisotopic (exact) mass is 317 g/mol. The van der Waals surface area contributed by atoms with E-state index in [0.29, 0.717) is 19.0 Å². The number of aryl methyl sites for hydroxylation is 1. The fraction of sp³-hybridized carbons (Fsp3) is 0.632. The molecule has 1 heterocycles. The van der Waals surface area contributed by atoms with Crippen molar-refractivity contribution in [2.45, 2.75) is 27.3 Å². The second-order valence-corrected chi connectivity index (χ2v) is 7.15. The zero-order valence-electron chi connectivity index (χ0n) is 15.1. The minimum absolute atomic E-state index is 0.213. The van der Waals surface area contributed by atoms with Gasteiger partial charge in [0.1, 0.15) is 0 Å². The van der Waals surface area contributed by atoms with E-state index in [1.807, 2.05) is 24.1 Å². The largest absolute Gasteiger partial charge is 0.340 e. The normalized spacial score (nSPS) is 16.7. The Kier molecular flexibility index (Phi) is 6.60.